The Morgan fingerprint density at radius 2 is 2.04 bits per heavy atom. The lowest BCUT2D eigenvalue weighted by molar-refractivity contribution is 0.589. The number of hydrogen-bond donors (Lipinski definition) is 1. The Hall–Kier alpha value is -2.35. The van der Waals surface area contributed by atoms with E-state index in [9.17, 15) is 9.59 Å². The second-order valence-electron chi connectivity index (χ2n) is 7.36. The van der Waals surface area contributed by atoms with Crippen LogP contribution in [-0.2, 0) is 20.6 Å². The van der Waals surface area contributed by atoms with Crippen LogP contribution in [0.1, 0.15) is 26.7 Å². The molecule has 0 bridgehead atoms. The van der Waals surface area contributed by atoms with Crippen LogP contribution in [0, 0.1) is 0 Å². The Morgan fingerprint density at radius 3 is 2.65 bits per heavy atom. The first kappa shape index (κ1) is 18.4. The molecule has 0 saturated carbocycles. The number of nitrogens with zero attached hydrogens (tertiary/aromatic N) is 5. The van der Waals surface area contributed by atoms with Crippen molar-refractivity contribution in [2.24, 2.45) is 14.1 Å². The number of allylic oxidation sites excluding steroid dienone is 2. The van der Waals surface area contributed by atoms with Gasteiger partial charge in [-0.2, -0.15) is 4.98 Å². The average Bonchev–Trinajstić information content (AvgIpc) is 3.23. The quantitative estimate of drug-likeness (QED) is 0.790. The molecule has 1 aliphatic heterocycles. The molecule has 1 unspecified atom stereocenters. The van der Waals surface area contributed by atoms with Gasteiger partial charge >= 0.3 is 5.69 Å². The molecule has 0 radical (unpaired) electrons. The highest BCUT2D eigenvalue weighted by atomic mass is 16.2. The summed E-state index contributed by atoms with van der Waals surface area (Å²) in [6, 6.07) is 0.420. The van der Waals surface area contributed by atoms with Crippen molar-refractivity contribution in [3.05, 3.63) is 32.5 Å². The molecule has 2 aromatic heterocycles. The van der Waals surface area contributed by atoms with Crippen LogP contribution < -0.4 is 21.5 Å². The van der Waals surface area contributed by atoms with Crippen LogP contribution in [0.5, 0.6) is 0 Å². The zero-order valence-electron chi connectivity index (χ0n) is 16.2. The van der Waals surface area contributed by atoms with E-state index < -0.39 is 0 Å². The van der Waals surface area contributed by atoms with Crippen LogP contribution >= 0.6 is 0 Å². The number of nitrogens with one attached hydrogen (secondary N) is 1. The third kappa shape index (κ3) is 3.21. The summed E-state index contributed by atoms with van der Waals surface area (Å²) in [7, 11) is 5.15. The predicted octanol–water partition coefficient (Wildman–Crippen LogP) is 0.588. The number of aromatic nitrogens is 4. The molecule has 1 atom stereocenters. The third-order valence-corrected chi connectivity index (χ3v) is 5.01. The molecule has 3 rings (SSSR count). The molecule has 2 aromatic rings. The van der Waals surface area contributed by atoms with Crippen LogP contribution in [0.3, 0.4) is 0 Å². The summed E-state index contributed by atoms with van der Waals surface area (Å²) in [4.78, 5) is 31.8. The Bertz CT molecular complexity index is 955. The van der Waals surface area contributed by atoms with Crippen molar-refractivity contribution in [3.8, 4) is 0 Å². The third-order valence-electron chi connectivity index (χ3n) is 5.01. The number of imidazole rings is 1. The van der Waals surface area contributed by atoms with Gasteiger partial charge in [-0.15, -0.1) is 0 Å². The lowest BCUT2D eigenvalue weighted by atomic mass is 10.2. The van der Waals surface area contributed by atoms with Gasteiger partial charge in [0.15, 0.2) is 11.2 Å². The predicted molar refractivity (Wildman–Crippen MR) is 104 cm³/mol. The van der Waals surface area contributed by atoms with Crippen molar-refractivity contribution in [2.45, 2.75) is 39.3 Å². The van der Waals surface area contributed by atoms with Crippen molar-refractivity contribution < 1.29 is 0 Å². The lowest BCUT2D eigenvalue weighted by Gasteiger charge is -2.23. The fourth-order valence-corrected chi connectivity index (χ4v) is 3.50. The molecule has 142 valence electrons. The van der Waals surface area contributed by atoms with Crippen molar-refractivity contribution in [1.29, 1.82) is 0 Å². The summed E-state index contributed by atoms with van der Waals surface area (Å²) in [5.74, 6) is 0.713. The molecule has 0 aliphatic carbocycles. The Morgan fingerprint density at radius 1 is 1.31 bits per heavy atom. The van der Waals surface area contributed by atoms with Crippen LogP contribution in [0.25, 0.3) is 11.2 Å². The average molecular weight is 360 g/mol. The van der Waals surface area contributed by atoms with Crippen LogP contribution in [0.2, 0.25) is 0 Å². The standard InChI is InChI=1S/C18H28N6O2/c1-12(2)8-10-24-14-15(22(4)18(26)23(5)16(14)25)20-17(24)21(3)11-13-7-6-9-19-13/h8,13,19H,6-7,9-11H2,1-5H3. The SMILES string of the molecule is CC(C)=CCn1c(N(C)CC2CCCN2)nc2c1c(=O)n(C)c(=O)n2C. The summed E-state index contributed by atoms with van der Waals surface area (Å²) in [5, 5.41) is 3.49. The Kier molecular flexibility index (Phi) is 5.04. The second kappa shape index (κ2) is 7.11. The first-order chi connectivity index (χ1) is 12.3. The number of rotatable bonds is 5. The van der Waals surface area contributed by atoms with Crippen molar-refractivity contribution in [2.75, 3.05) is 25.0 Å². The minimum Gasteiger partial charge on any atom is -0.344 e. The molecular formula is C18H28N6O2. The fraction of sp³-hybridized carbons (Fsp3) is 0.611. The van der Waals surface area contributed by atoms with E-state index in [4.69, 9.17) is 0 Å². The minimum atomic E-state index is -0.360. The molecule has 8 nitrogen and oxygen atoms in total. The van der Waals surface area contributed by atoms with E-state index in [1.807, 2.05) is 25.5 Å². The highest BCUT2D eigenvalue weighted by Crippen LogP contribution is 2.20. The van der Waals surface area contributed by atoms with Gasteiger partial charge in [-0.1, -0.05) is 11.6 Å². The smallest absolute Gasteiger partial charge is 0.332 e. The van der Waals surface area contributed by atoms with Crippen molar-refractivity contribution >= 4 is 17.1 Å². The Labute approximate surface area is 152 Å². The molecule has 1 fully saturated rings. The topological polar surface area (TPSA) is 77.1 Å². The van der Waals surface area contributed by atoms with Gasteiger partial charge in [0.05, 0.1) is 0 Å². The molecular weight excluding hydrogens is 332 g/mol. The lowest BCUT2D eigenvalue weighted by Crippen LogP contribution is -2.38. The largest absolute Gasteiger partial charge is 0.344 e. The summed E-state index contributed by atoms with van der Waals surface area (Å²) in [5.41, 5.74) is 1.40. The van der Waals surface area contributed by atoms with Gasteiger partial charge in [-0.05, 0) is 33.2 Å². The van der Waals surface area contributed by atoms with E-state index in [1.165, 1.54) is 23.6 Å². The number of fused-ring (bicyclic) bond motifs is 1. The van der Waals surface area contributed by atoms with Gasteiger partial charge in [0.2, 0.25) is 5.95 Å². The van der Waals surface area contributed by atoms with E-state index in [-0.39, 0.29) is 11.2 Å². The fourth-order valence-electron chi connectivity index (χ4n) is 3.50. The number of hydrogen-bond acceptors (Lipinski definition) is 5. The number of anilines is 1. The zero-order chi connectivity index (χ0) is 19.0. The molecule has 0 aromatic carbocycles. The maximum absolute atomic E-state index is 12.8. The second-order valence-corrected chi connectivity index (χ2v) is 7.36. The van der Waals surface area contributed by atoms with Gasteiger partial charge < -0.3 is 14.8 Å². The van der Waals surface area contributed by atoms with E-state index in [0.717, 1.165) is 24.1 Å². The first-order valence-electron chi connectivity index (χ1n) is 9.05. The minimum absolute atomic E-state index is 0.309. The van der Waals surface area contributed by atoms with Crippen molar-refractivity contribution in [3.63, 3.8) is 0 Å². The molecule has 1 aliphatic rings. The molecule has 0 spiro atoms. The van der Waals surface area contributed by atoms with Crippen molar-refractivity contribution in [1.82, 2.24) is 24.0 Å². The van der Waals surface area contributed by atoms with E-state index in [1.54, 1.807) is 7.05 Å². The summed E-state index contributed by atoms with van der Waals surface area (Å²) in [6.07, 6.45) is 4.39. The van der Waals surface area contributed by atoms with E-state index >= 15 is 0 Å². The normalized spacial score (nSPS) is 17.0. The first-order valence-corrected chi connectivity index (χ1v) is 9.05. The number of likely N-dealkylation sites (N-methyl/N-ethyl adjacent to an activating group) is 1. The van der Waals surface area contributed by atoms with Gasteiger partial charge in [-0.3, -0.25) is 13.9 Å². The molecule has 3 heterocycles. The summed E-state index contributed by atoms with van der Waals surface area (Å²) < 4.78 is 4.51. The van der Waals surface area contributed by atoms with E-state index in [2.05, 4.69) is 21.3 Å². The molecule has 26 heavy (non-hydrogen) atoms. The zero-order valence-corrected chi connectivity index (χ0v) is 16.2. The Balaban J connectivity index is 2.17. The van der Waals surface area contributed by atoms with E-state index in [0.29, 0.717) is 29.7 Å². The molecule has 1 N–H and O–H groups in total. The highest BCUT2D eigenvalue weighted by Gasteiger charge is 2.23. The highest BCUT2D eigenvalue weighted by molar-refractivity contribution is 5.74. The summed E-state index contributed by atoms with van der Waals surface area (Å²) in [6.45, 7) is 6.45. The van der Waals surface area contributed by atoms with Crippen LogP contribution in [-0.4, -0.2) is 44.9 Å². The maximum atomic E-state index is 12.8. The van der Waals surface area contributed by atoms with Gasteiger partial charge in [0.1, 0.15) is 0 Å². The monoisotopic (exact) mass is 360 g/mol. The molecule has 1 saturated heterocycles. The van der Waals surface area contributed by atoms with Crippen LogP contribution in [0.15, 0.2) is 21.2 Å². The molecule has 8 heteroatoms. The van der Waals surface area contributed by atoms with Gasteiger partial charge in [0, 0.05) is 40.3 Å². The summed E-state index contributed by atoms with van der Waals surface area (Å²) >= 11 is 0. The van der Waals surface area contributed by atoms with Gasteiger partial charge in [-0.25, -0.2) is 4.79 Å². The number of aryl methyl sites for hydroxylation is 1. The maximum Gasteiger partial charge on any atom is 0.332 e. The van der Waals surface area contributed by atoms with Gasteiger partial charge in [0.25, 0.3) is 5.56 Å². The molecule has 0 amide bonds. The van der Waals surface area contributed by atoms with Crippen LogP contribution in [0.4, 0.5) is 5.95 Å².